The van der Waals surface area contributed by atoms with Crippen LogP contribution in [-0.2, 0) is 9.53 Å². The predicted octanol–water partition coefficient (Wildman–Crippen LogP) is 5.15. The van der Waals surface area contributed by atoms with Crippen LogP contribution in [0.4, 0.5) is 5.69 Å². The monoisotopic (exact) mass is 521 g/mol. The van der Waals surface area contributed by atoms with Gasteiger partial charge in [-0.15, -0.1) is 11.3 Å². The van der Waals surface area contributed by atoms with Crippen molar-refractivity contribution in [3.05, 3.63) is 76.0 Å². The number of hydrogen-bond donors (Lipinski definition) is 0. The summed E-state index contributed by atoms with van der Waals surface area (Å²) in [7, 11) is 3.15. The maximum absolute atomic E-state index is 13.3. The molecule has 1 atom stereocenters. The van der Waals surface area contributed by atoms with E-state index >= 15 is 0 Å². The average molecular weight is 522 g/mol. The van der Waals surface area contributed by atoms with Crippen molar-refractivity contribution in [3.63, 3.8) is 0 Å². The summed E-state index contributed by atoms with van der Waals surface area (Å²) in [6.45, 7) is 5.50. The Morgan fingerprint density at radius 2 is 1.76 bits per heavy atom. The topological polar surface area (TPSA) is 80.7 Å². The predicted molar refractivity (Wildman–Crippen MR) is 145 cm³/mol. The van der Waals surface area contributed by atoms with E-state index in [-0.39, 0.29) is 6.04 Å². The van der Waals surface area contributed by atoms with Crippen LogP contribution in [0.25, 0.3) is 0 Å². The number of hydrogen-bond acceptors (Lipinski definition) is 8. The molecule has 37 heavy (non-hydrogen) atoms. The van der Waals surface area contributed by atoms with E-state index in [2.05, 4.69) is 23.8 Å². The molecule has 0 N–H and O–H groups in total. The highest BCUT2D eigenvalue weighted by molar-refractivity contribution is 7.12. The third-order valence-corrected chi connectivity index (χ3v) is 7.24. The molecule has 1 amide bonds. The van der Waals surface area contributed by atoms with E-state index in [0.29, 0.717) is 23.5 Å². The van der Waals surface area contributed by atoms with E-state index in [0.717, 1.165) is 34.9 Å². The van der Waals surface area contributed by atoms with Crippen molar-refractivity contribution >= 4 is 34.6 Å². The molecule has 0 spiro atoms. The summed E-state index contributed by atoms with van der Waals surface area (Å²) in [6, 6.07) is 16.3. The first-order chi connectivity index (χ1) is 18.0. The fourth-order valence-electron chi connectivity index (χ4n) is 4.33. The lowest BCUT2D eigenvalue weighted by molar-refractivity contribution is -0.136. The molecule has 1 aliphatic heterocycles. The fourth-order valence-corrected chi connectivity index (χ4v) is 5.05. The summed E-state index contributed by atoms with van der Waals surface area (Å²) in [6.07, 6.45) is 0.530. The lowest BCUT2D eigenvalue weighted by Crippen LogP contribution is -2.31. The Hall–Kier alpha value is -3.85. The molecular formula is C28H31N3O5S. The summed E-state index contributed by atoms with van der Waals surface area (Å²) in [5, 5.41) is 8.01. The van der Waals surface area contributed by atoms with Gasteiger partial charge in [-0.25, -0.2) is 9.80 Å². The Labute approximate surface area is 221 Å². The number of esters is 1. The van der Waals surface area contributed by atoms with Gasteiger partial charge in [0.05, 0.1) is 36.4 Å². The molecule has 0 fully saturated rings. The molecular weight excluding hydrogens is 490 g/mol. The van der Waals surface area contributed by atoms with Gasteiger partial charge in [0.15, 0.2) is 18.1 Å². The number of nitrogens with zero attached hydrogens (tertiary/aromatic N) is 3. The number of methoxy groups -OCH3 is 2. The van der Waals surface area contributed by atoms with Crippen molar-refractivity contribution in [3.8, 4) is 11.5 Å². The van der Waals surface area contributed by atoms with Crippen molar-refractivity contribution < 1.29 is 23.8 Å². The number of ether oxygens (including phenoxy) is 3. The number of anilines is 1. The van der Waals surface area contributed by atoms with Gasteiger partial charge in [0, 0.05) is 25.2 Å². The molecule has 8 nitrogen and oxygen atoms in total. The van der Waals surface area contributed by atoms with Gasteiger partial charge in [-0.2, -0.15) is 5.10 Å². The Balaban J connectivity index is 1.50. The van der Waals surface area contributed by atoms with Crippen LogP contribution < -0.4 is 14.4 Å². The zero-order valence-corrected chi connectivity index (χ0v) is 22.3. The zero-order chi connectivity index (χ0) is 26.4. The van der Waals surface area contributed by atoms with Crippen LogP contribution in [-0.4, -0.2) is 56.5 Å². The van der Waals surface area contributed by atoms with Gasteiger partial charge < -0.3 is 19.1 Å². The maximum Gasteiger partial charge on any atom is 0.338 e. The lowest BCUT2D eigenvalue weighted by atomic mass is 10.0. The third kappa shape index (κ3) is 5.77. The second kappa shape index (κ2) is 11.9. The fraction of sp³-hybridized carbons (Fsp3) is 0.321. The minimum absolute atomic E-state index is 0.364. The Kier molecular flexibility index (Phi) is 8.45. The molecule has 9 heteroatoms. The third-order valence-electron chi connectivity index (χ3n) is 6.32. The summed E-state index contributed by atoms with van der Waals surface area (Å²) >= 11 is 1.56. The van der Waals surface area contributed by atoms with Crippen LogP contribution in [0.3, 0.4) is 0 Å². The molecule has 1 aromatic heterocycles. The Morgan fingerprint density at radius 1 is 1.03 bits per heavy atom. The molecule has 0 aliphatic carbocycles. The number of carbonyl (C=O) groups excluding carboxylic acids is 2. The number of amides is 1. The first kappa shape index (κ1) is 26.2. The minimum Gasteiger partial charge on any atom is -0.493 e. The van der Waals surface area contributed by atoms with Gasteiger partial charge in [-0.3, -0.25) is 4.79 Å². The zero-order valence-electron chi connectivity index (χ0n) is 21.5. The van der Waals surface area contributed by atoms with Crippen LogP contribution in [0.2, 0.25) is 0 Å². The smallest absolute Gasteiger partial charge is 0.338 e. The number of carbonyl (C=O) groups is 2. The molecule has 0 bridgehead atoms. The molecule has 0 saturated carbocycles. The first-order valence-electron chi connectivity index (χ1n) is 12.2. The number of rotatable bonds is 10. The molecule has 0 radical (unpaired) electrons. The van der Waals surface area contributed by atoms with E-state index < -0.39 is 18.5 Å². The molecule has 194 valence electrons. The standard InChI is InChI=1S/C28H31N3O5S/c1-5-30(6-2)21-12-9-19(10-13-21)28(33)36-18-27(32)31-23(17-22(29-31)26-8-7-15-37-26)20-11-14-24(34-3)25(16-20)35-4/h7-16,23H,5-6,17-18H2,1-4H3. The summed E-state index contributed by atoms with van der Waals surface area (Å²) < 4.78 is 16.2. The van der Waals surface area contributed by atoms with Gasteiger partial charge in [0.1, 0.15) is 0 Å². The second-order valence-electron chi connectivity index (χ2n) is 8.39. The Bertz CT molecular complexity index is 1250. The summed E-state index contributed by atoms with van der Waals surface area (Å²) in [5.41, 5.74) is 3.08. The molecule has 2 heterocycles. The van der Waals surface area contributed by atoms with Gasteiger partial charge in [0.25, 0.3) is 5.91 Å². The second-order valence-corrected chi connectivity index (χ2v) is 9.34. The largest absolute Gasteiger partial charge is 0.493 e. The number of thiophene rings is 1. The highest BCUT2D eigenvalue weighted by Gasteiger charge is 2.34. The molecule has 0 saturated heterocycles. The van der Waals surface area contributed by atoms with Crippen LogP contribution >= 0.6 is 11.3 Å². The normalized spacial score (nSPS) is 14.8. The highest BCUT2D eigenvalue weighted by Crippen LogP contribution is 2.38. The van der Waals surface area contributed by atoms with Crippen LogP contribution in [0, 0.1) is 0 Å². The van der Waals surface area contributed by atoms with Crippen molar-refractivity contribution in [2.45, 2.75) is 26.3 Å². The molecule has 1 unspecified atom stereocenters. The van der Waals surface area contributed by atoms with E-state index in [9.17, 15) is 9.59 Å². The number of hydrazone groups is 1. The first-order valence-corrected chi connectivity index (χ1v) is 13.0. The maximum atomic E-state index is 13.3. The average Bonchev–Trinajstić information content (AvgIpc) is 3.63. The highest BCUT2D eigenvalue weighted by atomic mass is 32.1. The SMILES string of the molecule is CCN(CC)c1ccc(C(=O)OCC(=O)N2N=C(c3cccs3)CC2c2ccc(OC)c(OC)c2)cc1. The molecule has 1 aliphatic rings. The van der Waals surface area contributed by atoms with Gasteiger partial charge in [-0.1, -0.05) is 12.1 Å². The Morgan fingerprint density at radius 3 is 2.38 bits per heavy atom. The summed E-state index contributed by atoms with van der Waals surface area (Å²) in [5.74, 6) is 0.210. The molecule has 4 rings (SSSR count). The lowest BCUT2D eigenvalue weighted by Gasteiger charge is -2.23. The summed E-state index contributed by atoms with van der Waals surface area (Å²) in [4.78, 5) is 29.1. The van der Waals surface area contributed by atoms with E-state index in [4.69, 9.17) is 14.2 Å². The van der Waals surface area contributed by atoms with Crippen LogP contribution in [0.5, 0.6) is 11.5 Å². The van der Waals surface area contributed by atoms with Crippen LogP contribution in [0.1, 0.15) is 47.1 Å². The van der Waals surface area contributed by atoms with E-state index in [1.54, 1.807) is 37.7 Å². The van der Waals surface area contributed by atoms with E-state index in [1.807, 2.05) is 47.8 Å². The van der Waals surface area contributed by atoms with Crippen molar-refractivity contribution in [2.24, 2.45) is 5.10 Å². The van der Waals surface area contributed by atoms with Crippen molar-refractivity contribution in [1.82, 2.24) is 5.01 Å². The van der Waals surface area contributed by atoms with Gasteiger partial charge in [0.2, 0.25) is 0 Å². The van der Waals surface area contributed by atoms with Gasteiger partial charge >= 0.3 is 5.97 Å². The molecule has 2 aromatic carbocycles. The minimum atomic E-state index is -0.552. The van der Waals surface area contributed by atoms with Crippen LogP contribution in [0.15, 0.2) is 65.1 Å². The number of benzene rings is 2. The van der Waals surface area contributed by atoms with Crippen molar-refractivity contribution in [2.75, 3.05) is 38.8 Å². The van der Waals surface area contributed by atoms with Crippen molar-refractivity contribution in [1.29, 1.82) is 0 Å². The molecule has 3 aromatic rings. The van der Waals surface area contributed by atoms with E-state index in [1.165, 1.54) is 5.01 Å². The quantitative estimate of drug-likeness (QED) is 0.344. The van der Waals surface area contributed by atoms with Gasteiger partial charge in [-0.05, 0) is 67.3 Å².